The number of hydrogen-bond donors (Lipinski definition) is 1. The smallest absolute Gasteiger partial charge is 0.0337 e. The summed E-state index contributed by atoms with van der Waals surface area (Å²) in [4.78, 5) is 2.69. The Morgan fingerprint density at radius 3 is 2.71 bits per heavy atom. The summed E-state index contributed by atoms with van der Waals surface area (Å²) in [6, 6.07) is 8.78. The Bertz CT molecular complexity index is 443. The number of nitrogens with two attached hydrogens (primary N) is 1. The van der Waals surface area contributed by atoms with Crippen molar-refractivity contribution in [2.75, 3.05) is 13.1 Å². The molecule has 2 heteroatoms. The Labute approximate surface area is 130 Å². The van der Waals surface area contributed by atoms with E-state index < -0.39 is 0 Å². The van der Waals surface area contributed by atoms with Crippen LogP contribution in [0, 0.1) is 12.8 Å². The van der Waals surface area contributed by atoms with Crippen LogP contribution in [0.15, 0.2) is 24.3 Å². The van der Waals surface area contributed by atoms with Crippen LogP contribution in [0.1, 0.15) is 57.1 Å². The molecule has 1 aliphatic rings. The zero-order valence-electron chi connectivity index (χ0n) is 14.1. The highest BCUT2D eigenvalue weighted by atomic mass is 15.2. The molecule has 0 bridgehead atoms. The van der Waals surface area contributed by atoms with Crippen LogP contribution in [0.5, 0.6) is 0 Å². The Hall–Kier alpha value is -0.860. The van der Waals surface area contributed by atoms with Gasteiger partial charge in [0.15, 0.2) is 0 Å². The standard InChI is InChI=1S/C19H32N2/c1-4-12-21(14-18-10-6-5-9-17(18)3)19(15-20)11-7-8-16(2)13-19/h5-6,9-10,16H,4,7-8,11-15,20H2,1-3H3. The molecule has 0 heterocycles. The number of rotatable bonds is 6. The maximum atomic E-state index is 6.28. The van der Waals surface area contributed by atoms with Gasteiger partial charge in [0.25, 0.3) is 0 Å². The van der Waals surface area contributed by atoms with Crippen LogP contribution in [-0.2, 0) is 6.54 Å². The Kier molecular flexibility index (Phi) is 5.83. The van der Waals surface area contributed by atoms with Crippen LogP contribution >= 0.6 is 0 Å². The maximum absolute atomic E-state index is 6.28. The van der Waals surface area contributed by atoms with Crippen molar-refractivity contribution in [3.05, 3.63) is 35.4 Å². The third kappa shape index (κ3) is 3.87. The van der Waals surface area contributed by atoms with E-state index in [0.29, 0.717) is 0 Å². The molecule has 2 nitrogen and oxygen atoms in total. The van der Waals surface area contributed by atoms with E-state index in [1.165, 1.54) is 43.2 Å². The van der Waals surface area contributed by atoms with E-state index in [2.05, 4.69) is 49.9 Å². The normalized spacial score (nSPS) is 26.2. The summed E-state index contributed by atoms with van der Waals surface area (Å²) in [5, 5.41) is 0. The van der Waals surface area contributed by atoms with E-state index in [4.69, 9.17) is 5.73 Å². The molecule has 21 heavy (non-hydrogen) atoms. The van der Waals surface area contributed by atoms with Crippen molar-refractivity contribution in [1.29, 1.82) is 0 Å². The Morgan fingerprint density at radius 2 is 2.10 bits per heavy atom. The summed E-state index contributed by atoms with van der Waals surface area (Å²) in [6.07, 6.45) is 6.41. The minimum Gasteiger partial charge on any atom is -0.329 e. The highest BCUT2D eigenvalue weighted by Gasteiger charge is 2.38. The molecule has 1 aromatic carbocycles. The molecule has 0 radical (unpaired) electrons. The van der Waals surface area contributed by atoms with Crippen molar-refractivity contribution < 1.29 is 0 Å². The van der Waals surface area contributed by atoms with Gasteiger partial charge >= 0.3 is 0 Å². The number of aryl methyl sites for hydroxylation is 1. The van der Waals surface area contributed by atoms with Crippen LogP contribution in [0.3, 0.4) is 0 Å². The van der Waals surface area contributed by atoms with Crippen LogP contribution in [0.25, 0.3) is 0 Å². The molecule has 0 amide bonds. The first-order valence-electron chi connectivity index (χ1n) is 8.61. The molecule has 2 atom stereocenters. The van der Waals surface area contributed by atoms with E-state index in [0.717, 1.165) is 25.6 Å². The average Bonchev–Trinajstić information content (AvgIpc) is 2.49. The lowest BCUT2D eigenvalue weighted by Gasteiger charge is -2.48. The highest BCUT2D eigenvalue weighted by Crippen LogP contribution is 2.37. The number of benzene rings is 1. The van der Waals surface area contributed by atoms with Crippen molar-refractivity contribution >= 4 is 0 Å². The molecular weight excluding hydrogens is 256 g/mol. The fourth-order valence-corrected chi connectivity index (χ4v) is 3.98. The minimum atomic E-state index is 0.218. The molecular formula is C19H32N2. The van der Waals surface area contributed by atoms with E-state index in [1.54, 1.807) is 0 Å². The highest BCUT2D eigenvalue weighted by molar-refractivity contribution is 5.25. The summed E-state index contributed by atoms with van der Waals surface area (Å²) in [6.45, 7) is 9.88. The zero-order chi connectivity index (χ0) is 15.3. The van der Waals surface area contributed by atoms with Gasteiger partial charge in [0.2, 0.25) is 0 Å². The molecule has 0 aromatic heterocycles. The molecule has 1 saturated carbocycles. The molecule has 1 aliphatic carbocycles. The molecule has 0 aliphatic heterocycles. The summed E-state index contributed by atoms with van der Waals surface area (Å²) in [5.74, 6) is 0.804. The van der Waals surface area contributed by atoms with Crippen molar-refractivity contribution in [3.8, 4) is 0 Å². The van der Waals surface area contributed by atoms with E-state index in [1.807, 2.05) is 0 Å². The summed E-state index contributed by atoms with van der Waals surface area (Å²) >= 11 is 0. The first-order valence-corrected chi connectivity index (χ1v) is 8.61. The first-order chi connectivity index (χ1) is 10.1. The van der Waals surface area contributed by atoms with Crippen molar-refractivity contribution in [2.45, 2.75) is 65.0 Å². The lowest BCUT2D eigenvalue weighted by Crippen LogP contribution is -2.56. The molecule has 0 saturated heterocycles. The predicted octanol–water partition coefficient (Wildman–Crippen LogP) is 4.11. The van der Waals surface area contributed by atoms with Gasteiger partial charge in [-0.1, -0.05) is 51.0 Å². The Balaban J connectivity index is 2.22. The lowest BCUT2D eigenvalue weighted by molar-refractivity contribution is 0.0320. The summed E-state index contributed by atoms with van der Waals surface area (Å²) < 4.78 is 0. The first kappa shape index (κ1) is 16.5. The Morgan fingerprint density at radius 1 is 1.33 bits per heavy atom. The summed E-state index contributed by atoms with van der Waals surface area (Å²) in [5.41, 5.74) is 9.35. The van der Waals surface area contributed by atoms with Gasteiger partial charge in [-0.15, -0.1) is 0 Å². The van der Waals surface area contributed by atoms with E-state index in [9.17, 15) is 0 Å². The van der Waals surface area contributed by atoms with Gasteiger partial charge in [-0.3, -0.25) is 4.90 Å². The van der Waals surface area contributed by atoms with Gasteiger partial charge in [0.05, 0.1) is 0 Å². The third-order valence-electron chi connectivity index (χ3n) is 5.23. The van der Waals surface area contributed by atoms with Crippen molar-refractivity contribution in [2.24, 2.45) is 11.7 Å². The van der Waals surface area contributed by atoms with Gasteiger partial charge in [0.1, 0.15) is 0 Å². The second-order valence-electron chi connectivity index (χ2n) is 6.98. The van der Waals surface area contributed by atoms with Gasteiger partial charge < -0.3 is 5.73 Å². The molecule has 2 rings (SSSR count). The molecule has 2 unspecified atom stereocenters. The maximum Gasteiger partial charge on any atom is 0.0337 e. The van der Waals surface area contributed by atoms with E-state index >= 15 is 0 Å². The van der Waals surface area contributed by atoms with Crippen molar-refractivity contribution in [1.82, 2.24) is 4.90 Å². The quantitative estimate of drug-likeness (QED) is 0.853. The summed E-state index contributed by atoms with van der Waals surface area (Å²) in [7, 11) is 0. The van der Waals surface area contributed by atoms with Crippen molar-refractivity contribution in [3.63, 3.8) is 0 Å². The number of hydrogen-bond acceptors (Lipinski definition) is 2. The molecule has 118 valence electrons. The van der Waals surface area contributed by atoms with Gasteiger partial charge in [0, 0.05) is 18.6 Å². The molecule has 1 fully saturated rings. The fraction of sp³-hybridized carbons (Fsp3) is 0.684. The van der Waals surface area contributed by atoms with Crippen LogP contribution in [0.4, 0.5) is 0 Å². The van der Waals surface area contributed by atoms with Crippen LogP contribution in [-0.4, -0.2) is 23.5 Å². The SMILES string of the molecule is CCCN(Cc1ccccc1C)C1(CN)CCCC(C)C1. The van der Waals surface area contributed by atoms with Gasteiger partial charge in [-0.2, -0.15) is 0 Å². The monoisotopic (exact) mass is 288 g/mol. The zero-order valence-corrected chi connectivity index (χ0v) is 14.1. The molecule has 2 N–H and O–H groups in total. The van der Waals surface area contributed by atoms with Crippen LogP contribution in [0.2, 0.25) is 0 Å². The second-order valence-corrected chi connectivity index (χ2v) is 6.98. The largest absolute Gasteiger partial charge is 0.329 e. The van der Waals surface area contributed by atoms with Gasteiger partial charge in [-0.05, 0) is 49.8 Å². The second kappa shape index (κ2) is 7.42. The molecule has 1 aromatic rings. The third-order valence-corrected chi connectivity index (χ3v) is 5.23. The predicted molar refractivity (Wildman–Crippen MR) is 91.3 cm³/mol. The number of nitrogens with zero attached hydrogens (tertiary/aromatic N) is 1. The van der Waals surface area contributed by atoms with E-state index in [-0.39, 0.29) is 5.54 Å². The minimum absolute atomic E-state index is 0.218. The molecule has 0 spiro atoms. The van der Waals surface area contributed by atoms with Gasteiger partial charge in [-0.25, -0.2) is 0 Å². The fourth-order valence-electron chi connectivity index (χ4n) is 3.98. The topological polar surface area (TPSA) is 29.3 Å². The lowest BCUT2D eigenvalue weighted by atomic mass is 9.75. The van der Waals surface area contributed by atoms with Crippen LogP contribution < -0.4 is 5.73 Å². The average molecular weight is 288 g/mol.